The van der Waals surface area contributed by atoms with Crippen LogP contribution in [-0.4, -0.2) is 34.2 Å². The van der Waals surface area contributed by atoms with E-state index in [0.29, 0.717) is 31.5 Å². The van der Waals surface area contributed by atoms with Crippen LogP contribution in [0.15, 0.2) is 23.3 Å². The van der Waals surface area contributed by atoms with Gasteiger partial charge in [-0.1, -0.05) is 0 Å². The van der Waals surface area contributed by atoms with E-state index >= 15 is 0 Å². The van der Waals surface area contributed by atoms with Gasteiger partial charge in [-0.2, -0.15) is 13.2 Å². The molecule has 140 valence electrons. The van der Waals surface area contributed by atoms with E-state index in [1.807, 2.05) is 0 Å². The fraction of sp³-hybridized carbons (Fsp3) is 0.375. The first-order valence-electron chi connectivity index (χ1n) is 7.74. The van der Waals surface area contributed by atoms with E-state index in [1.54, 1.807) is 13.1 Å². The van der Waals surface area contributed by atoms with Crippen LogP contribution >= 0.6 is 0 Å². The molecule has 0 bridgehead atoms. The van der Waals surface area contributed by atoms with E-state index in [2.05, 4.69) is 9.72 Å². The van der Waals surface area contributed by atoms with Gasteiger partial charge in [0, 0.05) is 18.9 Å². The van der Waals surface area contributed by atoms with E-state index in [0.717, 1.165) is 6.20 Å². The summed E-state index contributed by atoms with van der Waals surface area (Å²) in [6.45, 7) is 2.42. The number of hydrogen-bond donors (Lipinski definition) is 1. The number of hydrogen-bond acceptors (Lipinski definition) is 6. The minimum absolute atomic E-state index is 0.0512. The number of carbonyl (C=O) groups is 2. The molecule has 2 N–H and O–H groups in total. The maximum Gasteiger partial charge on any atom is 0.491 e. The molecule has 2 aromatic rings. The highest BCUT2D eigenvalue weighted by atomic mass is 19.4. The summed E-state index contributed by atoms with van der Waals surface area (Å²) in [4.78, 5) is 39.5. The summed E-state index contributed by atoms with van der Waals surface area (Å²) in [6.07, 6.45) is -1.55. The lowest BCUT2D eigenvalue weighted by Crippen LogP contribution is -2.30. The molecule has 0 saturated carbocycles. The van der Waals surface area contributed by atoms with Crippen LogP contribution in [-0.2, 0) is 22.5 Å². The van der Waals surface area contributed by atoms with Crippen LogP contribution in [0.1, 0.15) is 29.3 Å². The quantitative estimate of drug-likeness (QED) is 0.632. The molecule has 0 spiro atoms. The second-order valence-electron chi connectivity index (χ2n) is 5.44. The van der Waals surface area contributed by atoms with Gasteiger partial charge in [-0.3, -0.25) is 4.79 Å². The summed E-state index contributed by atoms with van der Waals surface area (Å²) in [5.74, 6) is -4.34. The summed E-state index contributed by atoms with van der Waals surface area (Å²) >= 11 is 0. The van der Waals surface area contributed by atoms with Crippen molar-refractivity contribution in [3.8, 4) is 0 Å². The Kier molecular flexibility index (Phi) is 5.76. The molecule has 0 unspecified atom stereocenters. The Morgan fingerprint density at radius 3 is 2.62 bits per heavy atom. The molecular formula is C16H16F3N3O4. The monoisotopic (exact) mass is 371 g/mol. The van der Waals surface area contributed by atoms with Gasteiger partial charge in [0.2, 0.25) is 5.43 Å². The third kappa shape index (κ3) is 4.07. The van der Waals surface area contributed by atoms with E-state index in [1.165, 1.54) is 10.6 Å². The Hall–Kier alpha value is -2.75. The topological polar surface area (TPSA) is 104 Å². The Bertz CT molecular complexity index is 906. The van der Waals surface area contributed by atoms with E-state index in [9.17, 15) is 27.6 Å². The molecule has 2 heterocycles. The van der Waals surface area contributed by atoms with Gasteiger partial charge < -0.3 is 15.0 Å². The number of aromatic nitrogens is 2. The lowest BCUT2D eigenvalue weighted by atomic mass is 10.1. The van der Waals surface area contributed by atoms with Crippen LogP contribution in [0.25, 0.3) is 11.0 Å². The summed E-state index contributed by atoms with van der Waals surface area (Å²) in [7, 11) is 0. The van der Waals surface area contributed by atoms with Gasteiger partial charge >= 0.3 is 18.1 Å². The normalized spacial score (nSPS) is 11.6. The van der Waals surface area contributed by atoms with Crippen LogP contribution in [0.4, 0.5) is 13.2 Å². The van der Waals surface area contributed by atoms with E-state index in [-0.39, 0.29) is 11.0 Å². The van der Waals surface area contributed by atoms with Crippen molar-refractivity contribution in [1.82, 2.24) is 9.55 Å². The van der Waals surface area contributed by atoms with Crippen molar-refractivity contribution < 1.29 is 27.5 Å². The fourth-order valence-electron chi connectivity index (χ4n) is 2.34. The van der Waals surface area contributed by atoms with Crippen molar-refractivity contribution in [1.29, 1.82) is 0 Å². The fourth-order valence-corrected chi connectivity index (χ4v) is 2.34. The highest BCUT2D eigenvalue weighted by Crippen LogP contribution is 2.18. The molecule has 0 amide bonds. The Labute approximate surface area is 145 Å². The van der Waals surface area contributed by atoms with Gasteiger partial charge in [-0.05, 0) is 37.9 Å². The molecule has 0 aliphatic rings. The van der Waals surface area contributed by atoms with Crippen LogP contribution < -0.4 is 11.2 Å². The number of aryl methyl sites for hydroxylation is 2. The van der Waals surface area contributed by atoms with Crippen LogP contribution in [0, 0.1) is 0 Å². The van der Waals surface area contributed by atoms with Crippen molar-refractivity contribution in [3.05, 3.63) is 39.8 Å². The number of esters is 2. The van der Waals surface area contributed by atoms with Gasteiger partial charge in [-0.15, -0.1) is 0 Å². The number of pyridine rings is 2. The number of nitrogens with two attached hydrogens (primary N) is 1. The average molecular weight is 371 g/mol. The molecule has 26 heavy (non-hydrogen) atoms. The zero-order chi connectivity index (χ0) is 19.5. The Morgan fingerprint density at radius 1 is 1.35 bits per heavy atom. The molecule has 2 aromatic heterocycles. The number of fused-ring (bicyclic) bond motifs is 1. The SMILES string of the molecule is CCn1cc(C(=O)OC(=O)C(F)(F)F)c(=O)c2cc(CCCN)cnc21. The van der Waals surface area contributed by atoms with Crippen molar-refractivity contribution >= 4 is 23.0 Å². The zero-order valence-corrected chi connectivity index (χ0v) is 13.8. The maximum atomic E-state index is 12.5. The summed E-state index contributed by atoms with van der Waals surface area (Å²) in [5, 5.41) is 0.0512. The van der Waals surface area contributed by atoms with Crippen LogP contribution in [0.3, 0.4) is 0 Å². The molecule has 0 saturated heterocycles. The minimum Gasteiger partial charge on any atom is -0.382 e. The van der Waals surface area contributed by atoms with E-state index in [4.69, 9.17) is 5.73 Å². The molecule has 0 aromatic carbocycles. The number of halogens is 3. The van der Waals surface area contributed by atoms with Gasteiger partial charge in [-0.25, -0.2) is 14.6 Å². The summed E-state index contributed by atoms with van der Waals surface area (Å²) in [6, 6.07) is 1.51. The number of nitrogens with zero attached hydrogens (tertiary/aromatic N) is 2. The maximum absolute atomic E-state index is 12.5. The number of rotatable bonds is 5. The Morgan fingerprint density at radius 2 is 2.04 bits per heavy atom. The molecule has 7 nitrogen and oxygen atoms in total. The largest absolute Gasteiger partial charge is 0.491 e. The highest BCUT2D eigenvalue weighted by Gasteiger charge is 2.43. The first-order valence-corrected chi connectivity index (χ1v) is 7.74. The second kappa shape index (κ2) is 7.65. The minimum atomic E-state index is -5.34. The van der Waals surface area contributed by atoms with Gasteiger partial charge in [0.1, 0.15) is 11.2 Å². The third-order valence-electron chi connectivity index (χ3n) is 3.62. The van der Waals surface area contributed by atoms with Crippen molar-refractivity contribution in [3.63, 3.8) is 0 Å². The number of carbonyl (C=O) groups excluding carboxylic acids is 2. The number of ether oxygens (including phenoxy) is 1. The molecule has 0 atom stereocenters. The standard InChI is InChI=1S/C16H16F3N3O4/c1-2-22-8-11(14(24)26-15(25)16(17,18)19)12(23)10-6-9(4-3-5-20)7-21-13(10)22/h6-8H,2-5,20H2,1H3. The molecule has 0 fully saturated rings. The van der Waals surface area contributed by atoms with E-state index < -0.39 is 29.1 Å². The molecule has 0 radical (unpaired) electrons. The smallest absolute Gasteiger partial charge is 0.382 e. The molecule has 10 heteroatoms. The first-order chi connectivity index (χ1) is 12.2. The first kappa shape index (κ1) is 19.6. The molecule has 0 aliphatic carbocycles. The highest BCUT2D eigenvalue weighted by molar-refractivity contribution is 5.99. The van der Waals surface area contributed by atoms with Crippen molar-refractivity contribution in [2.75, 3.05) is 6.54 Å². The van der Waals surface area contributed by atoms with Crippen LogP contribution in [0.5, 0.6) is 0 Å². The second-order valence-corrected chi connectivity index (χ2v) is 5.44. The Balaban J connectivity index is 2.53. The summed E-state index contributed by atoms with van der Waals surface area (Å²) in [5.41, 5.74) is 4.88. The van der Waals surface area contributed by atoms with Gasteiger partial charge in [0.25, 0.3) is 0 Å². The molecule has 2 rings (SSSR count). The predicted octanol–water partition coefficient (Wildman–Crippen LogP) is 1.55. The average Bonchev–Trinajstić information content (AvgIpc) is 2.59. The lowest BCUT2D eigenvalue weighted by molar-refractivity contribution is -0.193. The summed E-state index contributed by atoms with van der Waals surface area (Å²) < 4.78 is 42.0. The predicted molar refractivity (Wildman–Crippen MR) is 85.5 cm³/mol. The zero-order valence-electron chi connectivity index (χ0n) is 13.8. The number of alkyl halides is 3. The van der Waals surface area contributed by atoms with Crippen molar-refractivity contribution in [2.45, 2.75) is 32.5 Å². The van der Waals surface area contributed by atoms with Crippen LogP contribution in [0.2, 0.25) is 0 Å². The molecular weight excluding hydrogens is 355 g/mol. The van der Waals surface area contributed by atoms with Gasteiger partial charge in [0.15, 0.2) is 0 Å². The van der Waals surface area contributed by atoms with Gasteiger partial charge in [0.05, 0.1) is 5.39 Å². The third-order valence-corrected chi connectivity index (χ3v) is 3.62. The molecule has 0 aliphatic heterocycles. The lowest BCUT2D eigenvalue weighted by Gasteiger charge is -2.11. The van der Waals surface area contributed by atoms with Crippen molar-refractivity contribution in [2.24, 2.45) is 5.73 Å².